The first-order valence-electron chi connectivity index (χ1n) is 10.2. The maximum atomic E-state index is 5.35. The largest absolute Gasteiger partial charge is 0.406 e. The lowest BCUT2D eigenvalue weighted by molar-refractivity contribution is -0.417. The smallest absolute Gasteiger partial charge is 0.244 e. The van der Waals surface area contributed by atoms with Crippen LogP contribution in [0.5, 0.6) is 0 Å². The van der Waals surface area contributed by atoms with Crippen LogP contribution in [0.3, 0.4) is 0 Å². The van der Waals surface area contributed by atoms with Gasteiger partial charge in [0.25, 0.3) is 7.11 Å². The molecule has 6 rings (SSSR count). The third-order valence-corrected chi connectivity index (χ3v) is 6.15. The van der Waals surface area contributed by atoms with E-state index in [1.165, 1.54) is 56.0 Å². The van der Waals surface area contributed by atoms with Gasteiger partial charge in [0.1, 0.15) is 12.2 Å². The molecule has 0 radical (unpaired) electrons. The van der Waals surface area contributed by atoms with Gasteiger partial charge in [-0.3, -0.25) is 0 Å². The highest BCUT2D eigenvalue weighted by Gasteiger charge is 2.34. The summed E-state index contributed by atoms with van der Waals surface area (Å²) in [5.74, 6) is 2.08. The van der Waals surface area contributed by atoms with Gasteiger partial charge in [-0.25, -0.2) is 4.42 Å². The molecule has 140 valence electrons. The van der Waals surface area contributed by atoms with Gasteiger partial charge in [0, 0.05) is 34.9 Å². The highest BCUT2D eigenvalue weighted by molar-refractivity contribution is 6.18. The molecule has 1 heteroatoms. The number of rotatable bonds is 1. The van der Waals surface area contributed by atoms with Gasteiger partial charge in [0.15, 0.2) is 0 Å². The molecule has 1 nitrogen and oxygen atoms in total. The molecule has 30 heavy (non-hydrogen) atoms. The van der Waals surface area contributed by atoms with E-state index < -0.39 is 0 Å². The van der Waals surface area contributed by atoms with E-state index >= 15 is 0 Å². The molecule has 0 saturated carbocycles. The van der Waals surface area contributed by atoms with Crippen molar-refractivity contribution in [1.82, 2.24) is 0 Å². The van der Waals surface area contributed by atoms with Crippen molar-refractivity contribution in [3.8, 4) is 11.1 Å². The van der Waals surface area contributed by atoms with Crippen LogP contribution >= 0.6 is 0 Å². The Bertz CT molecular complexity index is 1280. The third-order valence-electron chi connectivity index (χ3n) is 6.15. The SMILES string of the molecule is C[O+]=C1C=C[C+](C2=CC(=C3c4ccccc4-c4ccccc43)c3ccccc32)C=C1. The summed E-state index contributed by atoms with van der Waals surface area (Å²) in [6.45, 7) is 0. The van der Waals surface area contributed by atoms with Crippen molar-refractivity contribution in [1.29, 1.82) is 0 Å². The summed E-state index contributed by atoms with van der Waals surface area (Å²) in [5.41, 5.74) is 11.7. The first kappa shape index (κ1) is 17.1. The molecule has 3 aromatic carbocycles. The minimum atomic E-state index is 0.878. The van der Waals surface area contributed by atoms with Crippen LogP contribution in [0.25, 0.3) is 27.8 Å². The zero-order valence-electron chi connectivity index (χ0n) is 16.7. The van der Waals surface area contributed by atoms with Crippen molar-refractivity contribution in [3.05, 3.63) is 131 Å². The highest BCUT2D eigenvalue weighted by Crippen LogP contribution is 2.51. The molecule has 0 unspecified atom stereocenters. The van der Waals surface area contributed by atoms with Crippen molar-refractivity contribution in [2.24, 2.45) is 0 Å². The fourth-order valence-electron chi connectivity index (χ4n) is 4.78. The monoisotopic (exact) mass is 384 g/mol. The molecule has 0 N–H and O–H groups in total. The molecule has 0 heterocycles. The summed E-state index contributed by atoms with van der Waals surface area (Å²) in [6.07, 6.45) is 10.7. The predicted molar refractivity (Wildman–Crippen MR) is 125 cm³/mol. The van der Waals surface area contributed by atoms with Crippen molar-refractivity contribution in [2.75, 3.05) is 7.11 Å². The topological polar surface area (TPSA) is 11.3 Å². The molecule has 0 fully saturated rings. The fraction of sp³-hybridized carbons (Fsp3) is 0.0345. The summed E-state index contributed by atoms with van der Waals surface area (Å²) in [7, 11) is 1.71. The molecule has 0 atom stereocenters. The quantitative estimate of drug-likeness (QED) is 0.264. The van der Waals surface area contributed by atoms with Gasteiger partial charge in [-0.15, -0.1) is 0 Å². The maximum absolute atomic E-state index is 5.35. The summed E-state index contributed by atoms with van der Waals surface area (Å²) in [4.78, 5) is 0. The van der Waals surface area contributed by atoms with Crippen LogP contribution in [0.15, 0.2) is 103 Å². The number of carbonyl (C=O) groups excluding carboxylic acids is 1. The Hall–Kier alpha value is -3.84. The zero-order chi connectivity index (χ0) is 20.1. The number of ketones is 1. The second-order valence-corrected chi connectivity index (χ2v) is 7.71. The molecule has 0 aromatic heterocycles. The van der Waals surface area contributed by atoms with Crippen molar-refractivity contribution >= 4 is 22.5 Å². The summed E-state index contributed by atoms with van der Waals surface area (Å²) in [6, 6.07) is 26.2. The molecular weight excluding hydrogens is 364 g/mol. The molecule has 0 amide bonds. The molecule has 3 aliphatic rings. The zero-order valence-corrected chi connectivity index (χ0v) is 16.7. The van der Waals surface area contributed by atoms with E-state index in [9.17, 15) is 0 Å². The molecule has 3 aliphatic carbocycles. The van der Waals surface area contributed by atoms with E-state index in [1.807, 2.05) is 12.2 Å². The third kappa shape index (κ3) is 2.42. The number of hydrogen-bond acceptors (Lipinski definition) is 0. The Balaban J connectivity index is 1.61. The number of allylic oxidation sites excluding steroid dienone is 7. The van der Waals surface area contributed by atoms with E-state index in [-0.39, 0.29) is 0 Å². The Kier molecular flexibility index (Phi) is 3.75. The fourth-order valence-corrected chi connectivity index (χ4v) is 4.78. The molecule has 0 bridgehead atoms. The van der Waals surface area contributed by atoms with Crippen LogP contribution < -0.4 is 0 Å². The molecule has 0 aliphatic heterocycles. The van der Waals surface area contributed by atoms with E-state index in [0.29, 0.717) is 0 Å². The molecule has 0 saturated heterocycles. The van der Waals surface area contributed by atoms with E-state index in [0.717, 1.165) is 5.78 Å². The lowest BCUT2D eigenvalue weighted by atomic mass is 9.90. The van der Waals surface area contributed by atoms with Gasteiger partial charge in [0.05, 0.1) is 17.1 Å². The lowest BCUT2D eigenvalue weighted by Gasteiger charge is -2.07. The number of hydrogen-bond donors (Lipinski definition) is 0. The Labute approximate surface area is 176 Å². The van der Waals surface area contributed by atoms with E-state index in [1.54, 1.807) is 7.11 Å². The van der Waals surface area contributed by atoms with Gasteiger partial charge in [0.2, 0.25) is 0 Å². The summed E-state index contributed by atoms with van der Waals surface area (Å²) >= 11 is 0. The maximum Gasteiger partial charge on any atom is 0.406 e. The van der Waals surface area contributed by atoms with Crippen LogP contribution in [0.4, 0.5) is 0 Å². The van der Waals surface area contributed by atoms with Crippen molar-refractivity contribution in [3.63, 3.8) is 0 Å². The molecule has 3 aromatic rings. The number of benzene rings is 3. The number of fused-ring (bicyclic) bond motifs is 4. The molecular formula is C29H20O+2. The lowest BCUT2D eigenvalue weighted by Crippen LogP contribution is -2.02. The van der Waals surface area contributed by atoms with Gasteiger partial charge >= 0.3 is 5.78 Å². The van der Waals surface area contributed by atoms with Crippen LogP contribution in [0.2, 0.25) is 0 Å². The van der Waals surface area contributed by atoms with E-state index in [2.05, 4.69) is 91.0 Å². The summed E-state index contributed by atoms with van der Waals surface area (Å²) in [5, 5.41) is 0. The minimum absolute atomic E-state index is 0.878. The predicted octanol–water partition coefficient (Wildman–Crippen LogP) is 6.46. The standard InChI is InChI=1S/C29H20O/c1-30-20-16-14-19(15-17-20)27-18-28(24-11-3-2-10-23(24)27)29-25-12-6-4-8-21(25)22-9-5-7-13-26(22)29/h2-18H,1H3/q+2. The first-order valence-corrected chi connectivity index (χ1v) is 10.2. The average Bonchev–Trinajstić information content (AvgIpc) is 3.35. The van der Waals surface area contributed by atoms with Crippen LogP contribution in [0.1, 0.15) is 22.3 Å². The van der Waals surface area contributed by atoms with Crippen LogP contribution in [-0.2, 0) is 4.42 Å². The molecule has 0 spiro atoms. The minimum Gasteiger partial charge on any atom is -0.244 e. The van der Waals surface area contributed by atoms with Crippen LogP contribution in [-0.4, -0.2) is 12.9 Å². The second kappa shape index (κ2) is 6.60. The normalized spacial score (nSPS) is 15.8. The Morgan fingerprint density at radius 2 is 1.10 bits per heavy atom. The Morgan fingerprint density at radius 1 is 0.600 bits per heavy atom. The van der Waals surface area contributed by atoms with Gasteiger partial charge in [-0.2, -0.15) is 0 Å². The van der Waals surface area contributed by atoms with Gasteiger partial charge in [-0.05, 0) is 34.4 Å². The Morgan fingerprint density at radius 3 is 1.67 bits per heavy atom. The first-order chi connectivity index (χ1) is 14.8. The average molecular weight is 384 g/mol. The van der Waals surface area contributed by atoms with E-state index in [4.69, 9.17) is 4.42 Å². The van der Waals surface area contributed by atoms with Crippen LogP contribution in [0, 0.1) is 5.92 Å². The van der Waals surface area contributed by atoms with Crippen molar-refractivity contribution in [2.45, 2.75) is 0 Å². The van der Waals surface area contributed by atoms with Gasteiger partial charge < -0.3 is 0 Å². The second-order valence-electron chi connectivity index (χ2n) is 7.71. The highest BCUT2D eigenvalue weighted by atomic mass is 16.4. The summed E-state index contributed by atoms with van der Waals surface area (Å²) < 4.78 is 5.35. The van der Waals surface area contributed by atoms with Crippen molar-refractivity contribution < 1.29 is 4.42 Å². The van der Waals surface area contributed by atoms with Gasteiger partial charge in [-0.1, -0.05) is 60.7 Å².